The van der Waals surface area contributed by atoms with E-state index in [2.05, 4.69) is 34.2 Å². The fraction of sp³-hybridized carbons (Fsp3) is 0.500. The van der Waals surface area contributed by atoms with Gasteiger partial charge in [-0.1, -0.05) is 6.92 Å². The second-order valence-corrected chi connectivity index (χ2v) is 7.64. The first-order valence-electron chi connectivity index (χ1n) is 6.01. The number of rotatable bonds is 3. The molecule has 18 heavy (non-hydrogen) atoms. The monoisotopic (exact) mass is 380 g/mol. The molecule has 4 nitrogen and oxygen atoms in total. The second kappa shape index (κ2) is 5.75. The lowest BCUT2D eigenvalue weighted by Crippen LogP contribution is -2.42. The minimum absolute atomic E-state index is 0.437. The Morgan fingerprint density at radius 2 is 2.00 bits per heavy atom. The molecule has 1 heterocycles. The summed E-state index contributed by atoms with van der Waals surface area (Å²) in [6.07, 6.45) is 2.05. The molecule has 0 saturated carbocycles. The Bertz CT molecular complexity index is 501. The molecule has 6 heteroatoms. The van der Waals surface area contributed by atoms with Gasteiger partial charge in [-0.25, -0.2) is 0 Å². The minimum atomic E-state index is -3.40. The maximum atomic E-state index is 12.2. The van der Waals surface area contributed by atoms with Gasteiger partial charge in [0.25, 0.3) is 0 Å². The summed E-state index contributed by atoms with van der Waals surface area (Å²) in [6, 6.07) is 7.34. The van der Waals surface area contributed by atoms with E-state index >= 15 is 0 Å². The molecule has 1 aliphatic rings. The normalized spacial score (nSPS) is 21.8. The first-order valence-corrected chi connectivity index (χ1v) is 8.53. The zero-order valence-corrected chi connectivity index (χ0v) is 13.2. The first-order chi connectivity index (χ1) is 8.47. The highest BCUT2D eigenvalue weighted by atomic mass is 127. The van der Waals surface area contributed by atoms with Crippen molar-refractivity contribution < 1.29 is 8.42 Å². The SMILES string of the molecule is CC1CCCN(S(=O)(=O)Nc2ccc(I)cc2)C1. The van der Waals surface area contributed by atoms with Crippen molar-refractivity contribution in [2.75, 3.05) is 17.8 Å². The molecular weight excluding hydrogens is 363 g/mol. The summed E-state index contributed by atoms with van der Waals surface area (Å²) in [6.45, 7) is 3.32. The van der Waals surface area contributed by atoms with Gasteiger partial charge in [0, 0.05) is 22.3 Å². The van der Waals surface area contributed by atoms with Gasteiger partial charge < -0.3 is 0 Å². The van der Waals surface area contributed by atoms with E-state index in [-0.39, 0.29) is 0 Å². The average Bonchev–Trinajstić information content (AvgIpc) is 2.32. The predicted octanol–water partition coefficient (Wildman–Crippen LogP) is 2.68. The highest BCUT2D eigenvalue weighted by Gasteiger charge is 2.26. The molecule has 0 radical (unpaired) electrons. The zero-order valence-electron chi connectivity index (χ0n) is 10.3. The fourth-order valence-corrected chi connectivity index (χ4v) is 3.84. The lowest BCUT2D eigenvalue weighted by Gasteiger charge is -2.30. The zero-order chi connectivity index (χ0) is 13.2. The standard InChI is InChI=1S/C12H17IN2O2S/c1-10-3-2-8-15(9-10)18(16,17)14-12-6-4-11(13)5-7-12/h4-7,10,14H,2-3,8-9H2,1H3. The molecule has 1 aliphatic heterocycles. The van der Waals surface area contributed by atoms with Crippen molar-refractivity contribution >= 4 is 38.5 Å². The van der Waals surface area contributed by atoms with Crippen LogP contribution in [0.15, 0.2) is 24.3 Å². The van der Waals surface area contributed by atoms with Crippen LogP contribution >= 0.6 is 22.6 Å². The van der Waals surface area contributed by atoms with E-state index in [4.69, 9.17) is 0 Å². The van der Waals surface area contributed by atoms with Crippen molar-refractivity contribution in [1.29, 1.82) is 0 Å². The Morgan fingerprint density at radius 1 is 1.33 bits per heavy atom. The Balaban J connectivity index is 2.09. The summed E-state index contributed by atoms with van der Waals surface area (Å²) in [4.78, 5) is 0. The van der Waals surface area contributed by atoms with Crippen LogP contribution in [0.1, 0.15) is 19.8 Å². The van der Waals surface area contributed by atoms with Gasteiger partial charge in [-0.2, -0.15) is 12.7 Å². The molecule has 0 aliphatic carbocycles. The number of nitrogens with zero attached hydrogens (tertiary/aromatic N) is 1. The molecule has 0 amide bonds. The molecule has 1 saturated heterocycles. The molecular formula is C12H17IN2O2S. The van der Waals surface area contributed by atoms with E-state index in [1.54, 1.807) is 16.4 Å². The minimum Gasteiger partial charge on any atom is -0.271 e. The Morgan fingerprint density at radius 3 is 2.61 bits per heavy atom. The van der Waals surface area contributed by atoms with Crippen LogP contribution in [0.3, 0.4) is 0 Å². The highest BCUT2D eigenvalue weighted by molar-refractivity contribution is 14.1. The third-order valence-electron chi connectivity index (χ3n) is 3.05. The van der Waals surface area contributed by atoms with E-state index in [1.165, 1.54) is 0 Å². The van der Waals surface area contributed by atoms with Crippen LogP contribution in [0, 0.1) is 9.49 Å². The van der Waals surface area contributed by atoms with Crippen LogP contribution in [-0.2, 0) is 10.2 Å². The summed E-state index contributed by atoms with van der Waals surface area (Å²) in [5.41, 5.74) is 0.619. The topological polar surface area (TPSA) is 49.4 Å². The molecule has 1 atom stereocenters. The van der Waals surface area contributed by atoms with E-state index in [1.807, 2.05) is 12.1 Å². The highest BCUT2D eigenvalue weighted by Crippen LogP contribution is 2.20. The summed E-state index contributed by atoms with van der Waals surface area (Å²) in [5.74, 6) is 0.437. The molecule has 0 bridgehead atoms. The molecule has 2 rings (SSSR count). The maximum Gasteiger partial charge on any atom is 0.301 e. The lowest BCUT2D eigenvalue weighted by molar-refractivity contribution is 0.282. The first kappa shape index (κ1) is 14.1. The average molecular weight is 380 g/mol. The number of benzene rings is 1. The summed E-state index contributed by atoms with van der Waals surface area (Å²) in [7, 11) is -3.40. The molecule has 1 N–H and O–H groups in total. The van der Waals surface area contributed by atoms with E-state index in [0.717, 1.165) is 16.4 Å². The number of anilines is 1. The molecule has 0 spiro atoms. The number of hydrogen-bond donors (Lipinski definition) is 1. The van der Waals surface area contributed by atoms with Gasteiger partial charge in [0.1, 0.15) is 0 Å². The Labute approximate surface area is 122 Å². The van der Waals surface area contributed by atoms with Crippen LogP contribution in [-0.4, -0.2) is 25.8 Å². The molecule has 0 aromatic heterocycles. The van der Waals surface area contributed by atoms with Gasteiger partial charge in [-0.05, 0) is 65.6 Å². The van der Waals surface area contributed by atoms with Gasteiger partial charge in [0.2, 0.25) is 0 Å². The number of piperidine rings is 1. The van der Waals surface area contributed by atoms with Crippen molar-refractivity contribution in [2.24, 2.45) is 5.92 Å². The third kappa shape index (κ3) is 3.58. The van der Waals surface area contributed by atoms with Crippen LogP contribution in [0.5, 0.6) is 0 Å². The van der Waals surface area contributed by atoms with Crippen LogP contribution in [0.2, 0.25) is 0 Å². The maximum absolute atomic E-state index is 12.2. The summed E-state index contributed by atoms with van der Waals surface area (Å²) < 4.78 is 29.7. The molecule has 1 fully saturated rings. The van der Waals surface area contributed by atoms with Crippen LogP contribution < -0.4 is 4.72 Å². The van der Waals surface area contributed by atoms with Crippen molar-refractivity contribution in [3.8, 4) is 0 Å². The van der Waals surface area contributed by atoms with Gasteiger partial charge in [0.15, 0.2) is 0 Å². The molecule has 1 aromatic carbocycles. The van der Waals surface area contributed by atoms with Gasteiger partial charge in [-0.3, -0.25) is 4.72 Å². The Kier molecular flexibility index (Phi) is 4.50. The van der Waals surface area contributed by atoms with E-state index in [0.29, 0.717) is 24.7 Å². The Hall–Kier alpha value is -0.340. The van der Waals surface area contributed by atoms with Gasteiger partial charge >= 0.3 is 10.2 Å². The van der Waals surface area contributed by atoms with Gasteiger partial charge in [-0.15, -0.1) is 0 Å². The molecule has 1 unspecified atom stereocenters. The largest absolute Gasteiger partial charge is 0.301 e. The quantitative estimate of drug-likeness (QED) is 0.820. The number of hydrogen-bond acceptors (Lipinski definition) is 2. The van der Waals surface area contributed by atoms with Crippen molar-refractivity contribution in [1.82, 2.24) is 4.31 Å². The smallest absolute Gasteiger partial charge is 0.271 e. The summed E-state index contributed by atoms with van der Waals surface area (Å²) in [5, 5.41) is 0. The van der Waals surface area contributed by atoms with Crippen LogP contribution in [0.4, 0.5) is 5.69 Å². The van der Waals surface area contributed by atoms with Crippen molar-refractivity contribution in [3.05, 3.63) is 27.8 Å². The van der Waals surface area contributed by atoms with Gasteiger partial charge in [0.05, 0.1) is 0 Å². The van der Waals surface area contributed by atoms with Crippen molar-refractivity contribution in [3.63, 3.8) is 0 Å². The third-order valence-corrected chi connectivity index (χ3v) is 5.28. The van der Waals surface area contributed by atoms with Crippen LogP contribution in [0.25, 0.3) is 0 Å². The fourth-order valence-electron chi connectivity index (χ4n) is 2.10. The summed E-state index contributed by atoms with van der Waals surface area (Å²) >= 11 is 2.19. The van der Waals surface area contributed by atoms with E-state index in [9.17, 15) is 8.42 Å². The number of halogens is 1. The second-order valence-electron chi connectivity index (χ2n) is 4.72. The molecule has 1 aromatic rings. The lowest BCUT2D eigenvalue weighted by atomic mass is 10.0. The van der Waals surface area contributed by atoms with Crippen molar-refractivity contribution in [2.45, 2.75) is 19.8 Å². The number of nitrogens with one attached hydrogen (secondary N) is 1. The molecule has 100 valence electrons. The van der Waals surface area contributed by atoms with E-state index < -0.39 is 10.2 Å². The predicted molar refractivity (Wildman–Crippen MR) is 81.7 cm³/mol.